The second-order valence-corrected chi connectivity index (χ2v) is 14.4. The summed E-state index contributed by atoms with van der Waals surface area (Å²) in [6, 6.07) is 4.07. The van der Waals surface area contributed by atoms with Gasteiger partial charge < -0.3 is 25.1 Å². The van der Waals surface area contributed by atoms with Crippen molar-refractivity contribution in [2.45, 2.75) is 44.9 Å². The van der Waals surface area contributed by atoms with Crippen molar-refractivity contribution in [3.8, 4) is 17.1 Å². The summed E-state index contributed by atoms with van der Waals surface area (Å²) in [4.78, 5) is 58.9. The highest BCUT2D eigenvalue weighted by Gasteiger charge is 2.41. The number of aryl methyl sites for hydroxylation is 1. The van der Waals surface area contributed by atoms with E-state index in [1.54, 1.807) is 30.8 Å². The molecule has 0 spiro atoms. The zero-order valence-corrected chi connectivity index (χ0v) is 31.1. The number of nitrogens with zero attached hydrogens (tertiary/aromatic N) is 9. The Hall–Kier alpha value is -5.69. The molecule has 1 fully saturated rings. The van der Waals surface area contributed by atoms with Gasteiger partial charge in [0.25, 0.3) is 11.5 Å². The minimum Gasteiger partial charge on any atom is -0.504 e. The van der Waals surface area contributed by atoms with Crippen LogP contribution in [0.5, 0.6) is 5.75 Å². The van der Waals surface area contributed by atoms with Gasteiger partial charge >= 0.3 is 6.18 Å². The number of piperazine rings is 1. The molecule has 5 heterocycles. The monoisotopic (exact) mass is 800 g/mol. The number of hydrogen-bond donors (Lipinski definition) is 2. The maximum absolute atomic E-state index is 15.6. The van der Waals surface area contributed by atoms with Crippen molar-refractivity contribution in [2.75, 3.05) is 50.5 Å². The molecule has 2 aliphatic heterocycles. The lowest BCUT2D eigenvalue weighted by Crippen LogP contribution is -2.51. The lowest BCUT2D eigenvalue weighted by molar-refractivity contribution is -0.137. The number of carbonyl (C=O) groups is 2. The van der Waals surface area contributed by atoms with E-state index in [-0.39, 0.29) is 95.4 Å². The molecule has 2 aliphatic rings. The Morgan fingerprint density at radius 1 is 1.05 bits per heavy atom. The molecule has 0 bridgehead atoms. The van der Waals surface area contributed by atoms with Crippen LogP contribution < -0.4 is 15.8 Å². The summed E-state index contributed by atoms with van der Waals surface area (Å²) in [5.74, 6) is -4.91. The van der Waals surface area contributed by atoms with Gasteiger partial charge in [0.05, 0.1) is 33.2 Å². The molecule has 56 heavy (non-hydrogen) atoms. The van der Waals surface area contributed by atoms with Crippen molar-refractivity contribution in [3.05, 3.63) is 91.9 Å². The van der Waals surface area contributed by atoms with E-state index >= 15 is 8.78 Å². The van der Waals surface area contributed by atoms with Crippen molar-refractivity contribution >= 4 is 40.6 Å². The summed E-state index contributed by atoms with van der Waals surface area (Å²) >= 11 is 6.17. The van der Waals surface area contributed by atoms with Crippen LogP contribution in [0.4, 0.5) is 33.3 Å². The fourth-order valence-electron chi connectivity index (χ4n) is 7.13. The van der Waals surface area contributed by atoms with Gasteiger partial charge in [0.2, 0.25) is 11.7 Å². The second-order valence-electron chi connectivity index (χ2n) is 14.0. The van der Waals surface area contributed by atoms with E-state index in [9.17, 15) is 32.7 Å². The second kappa shape index (κ2) is 14.4. The third-order valence-electron chi connectivity index (χ3n) is 9.90. The van der Waals surface area contributed by atoms with Crippen LogP contribution in [0.2, 0.25) is 5.02 Å². The Morgan fingerprint density at radius 3 is 2.43 bits per heavy atom. The van der Waals surface area contributed by atoms with Crippen LogP contribution in [0.25, 0.3) is 17.2 Å². The minimum absolute atomic E-state index is 0.0808. The normalized spacial score (nSPS) is 17.2. The Morgan fingerprint density at radius 2 is 1.77 bits per heavy atom. The number of anilines is 2. The number of benzene rings is 2. The van der Waals surface area contributed by atoms with Gasteiger partial charge in [0.15, 0.2) is 28.9 Å². The molecule has 0 radical (unpaired) electrons. The molecule has 20 heteroatoms. The van der Waals surface area contributed by atoms with Gasteiger partial charge in [-0.2, -0.15) is 22.7 Å². The molecular weight excluding hydrogens is 767 g/mol. The molecule has 0 aliphatic carbocycles. The number of halogens is 6. The molecule has 2 atom stereocenters. The first-order valence-electron chi connectivity index (χ1n) is 17.4. The van der Waals surface area contributed by atoms with E-state index in [4.69, 9.17) is 11.6 Å². The van der Waals surface area contributed by atoms with Gasteiger partial charge in [0, 0.05) is 44.2 Å². The third kappa shape index (κ3) is 6.78. The fourth-order valence-corrected chi connectivity index (χ4v) is 7.36. The summed E-state index contributed by atoms with van der Waals surface area (Å²) in [6.45, 7) is 3.89. The third-order valence-corrected chi connectivity index (χ3v) is 10.2. The Bertz CT molecular complexity index is 2460. The largest absolute Gasteiger partial charge is 0.504 e. The van der Waals surface area contributed by atoms with E-state index < -0.39 is 52.7 Å². The number of aromatic nitrogens is 6. The zero-order valence-electron chi connectivity index (χ0n) is 30.3. The standard InChI is InChI=1S/C36H34ClF5N10O4/c1-17-13-24(32(54)45-23-8-6-20(14-22(23)37)36(40,41)42)51-28(17)29(49-9-11-50(12-10-49)33(55)27-30(53)18(2)43-16-44-27)34(56)52-35(51)46-31(47-52)21-7-5-19(15-48(3)4)25(38)26(21)39/h5-8,14,16-17,24,53H,9-13,15H2,1-4H3,(H,45,54). The van der Waals surface area contributed by atoms with Crippen molar-refractivity contribution in [3.63, 3.8) is 0 Å². The van der Waals surface area contributed by atoms with Crippen molar-refractivity contribution in [1.82, 2.24) is 38.9 Å². The zero-order chi connectivity index (χ0) is 40.4. The highest BCUT2D eigenvalue weighted by molar-refractivity contribution is 6.33. The van der Waals surface area contributed by atoms with Gasteiger partial charge in [-0.1, -0.05) is 24.6 Å². The number of carbonyl (C=O) groups excluding carboxylic acids is 2. The molecule has 2 amide bonds. The smallest absolute Gasteiger partial charge is 0.416 e. The van der Waals surface area contributed by atoms with E-state index in [0.717, 1.165) is 16.6 Å². The number of aromatic hydroxyl groups is 1. The molecule has 3 aromatic heterocycles. The maximum Gasteiger partial charge on any atom is 0.416 e. The van der Waals surface area contributed by atoms with Crippen LogP contribution >= 0.6 is 11.6 Å². The van der Waals surface area contributed by atoms with Crippen LogP contribution in [0, 0.1) is 18.6 Å². The Labute approximate surface area is 320 Å². The summed E-state index contributed by atoms with van der Waals surface area (Å²) in [6.07, 6.45) is -3.40. The van der Waals surface area contributed by atoms with Gasteiger partial charge in [-0.05, 0) is 51.7 Å². The number of fused-ring (bicyclic) bond motifs is 3. The highest BCUT2D eigenvalue weighted by atomic mass is 35.5. The van der Waals surface area contributed by atoms with E-state index in [1.807, 2.05) is 0 Å². The number of nitrogens with one attached hydrogen (secondary N) is 1. The van der Waals surface area contributed by atoms with Gasteiger partial charge in [-0.3, -0.25) is 19.0 Å². The molecule has 7 rings (SSSR count). The van der Waals surface area contributed by atoms with Gasteiger partial charge in [-0.25, -0.2) is 18.7 Å². The Kier molecular flexibility index (Phi) is 9.94. The van der Waals surface area contributed by atoms with E-state index in [2.05, 4.69) is 25.4 Å². The number of amides is 2. The topological polar surface area (TPSA) is 154 Å². The first-order chi connectivity index (χ1) is 26.5. The first kappa shape index (κ1) is 38.6. The first-order valence-corrected chi connectivity index (χ1v) is 17.7. The minimum atomic E-state index is -4.67. The molecular formula is C36H34ClF5N10O4. The molecule has 2 unspecified atom stereocenters. The van der Waals surface area contributed by atoms with Crippen molar-refractivity contribution < 1.29 is 36.6 Å². The van der Waals surface area contributed by atoms with Crippen LogP contribution in [-0.2, 0) is 17.5 Å². The SMILES string of the molecule is Cc1ncnc(C(=O)N2CCN(c3c4n(c5nc(-c6ccc(CN(C)C)c(F)c6F)nn5c3=O)C(C(=O)Nc3ccc(C(F)(F)F)cc3Cl)CC4C)CC2)c1O. The molecule has 0 saturated carbocycles. The molecule has 5 aromatic rings. The molecule has 2 aromatic carbocycles. The molecule has 2 N–H and O–H groups in total. The lowest BCUT2D eigenvalue weighted by atomic mass is 10.0. The number of alkyl halides is 3. The van der Waals surface area contributed by atoms with Crippen LogP contribution in [0.1, 0.15) is 58.3 Å². The predicted molar refractivity (Wildman–Crippen MR) is 194 cm³/mol. The van der Waals surface area contributed by atoms with Crippen LogP contribution in [0.3, 0.4) is 0 Å². The molecule has 14 nitrogen and oxygen atoms in total. The fraction of sp³-hybridized carbons (Fsp3) is 0.361. The lowest BCUT2D eigenvalue weighted by Gasteiger charge is -2.36. The van der Waals surface area contributed by atoms with Crippen LogP contribution in [-0.4, -0.2) is 96.1 Å². The van der Waals surface area contributed by atoms with Crippen molar-refractivity contribution in [1.29, 1.82) is 0 Å². The predicted octanol–water partition coefficient (Wildman–Crippen LogP) is 5.02. The molecule has 1 saturated heterocycles. The van der Waals surface area contributed by atoms with Gasteiger partial charge in [0.1, 0.15) is 18.1 Å². The number of rotatable bonds is 7. The average molecular weight is 801 g/mol. The van der Waals surface area contributed by atoms with Gasteiger partial charge in [-0.15, -0.1) is 5.10 Å². The quantitative estimate of drug-likeness (QED) is 0.215. The van der Waals surface area contributed by atoms with Crippen molar-refractivity contribution in [2.24, 2.45) is 0 Å². The summed E-state index contributed by atoms with van der Waals surface area (Å²) in [5, 5.41) is 17.0. The Balaban J connectivity index is 1.31. The molecule has 294 valence electrons. The van der Waals surface area contributed by atoms with E-state index in [1.165, 1.54) is 34.9 Å². The van der Waals surface area contributed by atoms with E-state index in [0.29, 0.717) is 11.8 Å². The summed E-state index contributed by atoms with van der Waals surface area (Å²) < 4.78 is 73.2. The summed E-state index contributed by atoms with van der Waals surface area (Å²) in [7, 11) is 3.39. The van der Waals surface area contributed by atoms with Crippen LogP contribution in [0.15, 0.2) is 41.5 Å². The average Bonchev–Trinajstić information content (AvgIpc) is 3.74. The maximum atomic E-state index is 15.6. The highest BCUT2D eigenvalue weighted by Crippen LogP contribution is 2.43. The summed E-state index contributed by atoms with van der Waals surface area (Å²) in [5.41, 5.74) is -1.46. The number of hydrogen-bond acceptors (Lipinski definition) is 10.